The molecule has 0 bridgehead atoms. The molecule has 1 aliphatic heterocycles. The third-order valence-corrected chi connectivity index (χ3v) is 7.68. The van der Waals surface area contributed by atoms with Crippen LogP contribution in [0, 0.1) is 5.82 Å². The molecule has 1 N–H and O–H groups in total. The van der Waals surface area contributed by atoms with Gasteiger partial charge >= 0.3 is 13.1 Å². The molecule has 1 fully saturated rings. The fraction of sp³-hybridized carbons (Fsp3) is 0.381. The van der Waals surface area contributed by atoms with Crippen molar-refractivity contribution in [2.75, 3.05) is 4.72 Å². The molecule has 7 nitrogen and oxygen atoms in total. The van der Waals surface area contributed by atoms with Gasteiger partial charge in [-0.3, -0.25) is 9.52 Å². The summed E-state index contributed by atoms with van der Waals surface area (Å²) in [5.41, 5.74) is -0.861. The Balaban J connectivity index is 1.93. The molecule has 0 radical (unpaired) electrons. The molecule has 1 heterocycles. The van der Waals surface area contributed by atoms with Gasteiger partial charge in [-0.05, 0) is 63.5 Å². The Labute approximate surface area is 202 Å². The van der Waals surface area contributed by atoms with E-state index in [-0.39, 0.29) is 32.8 Å². The van der Waals surface area contributed by atoms with Crippen molar-refractivity contribution in [1.29, 1.82) is 0 Å². The number of carbonyl (C=O) groups excluding carboxylic acids is 1. The van der Waals surface area contributed by atoms with E-state index in [2.05, 4.69) is 4.72 Å². The van der Waals surface area contributed by atoms with E-state index < -0.39 is 40.1 Å². The maximum absolute atomic E-state index is 14.4. The van der Waals surface area contributed by atoms with Crippen molar-refractivity contribution in [3.63, 3.8) is 0 Å². The van der Waals surface area contributed by atoms with Crippen LogP contribution < -0.4 is 10.2 Å². The lowest BCUT2D eigenvalue weighted by atomic mass is 9.79. The lowest BCUT2D eigenvalue weighted by Crippen LogP contribution is -2.41. The van der Waals surface area contributed by atoms with E-state index in [0.29, 0.717) is 5.46 Å². The Bertz CT molecular complexity index is 1190. The van der Waals surface area contributed by atoms with Crippen LogP contribution in [-0.2, 0) is 35.5 Å². The highest BCUT2D eigenvalue weighted by atomic mass is 35.5. The summed E-state index contributed by atoms with van der Waals surface area (Å²) < 4.78 is 59.6. The van der Waals surface area contributed by atoms with E-state index in [4.69, 9.17) is 37.2 Å². The van der Waals surface area contributed by atoms with Crippen molar-refractivity contribution < 1.29 is 31.6 Å². The minimum atomic E-state index is -4.29. The van der Waals surface area contributed by atoms with E-state index >= 15 is 0 Å². The number of hydrogen-bond acceptors (Lipinski definition) is 6. The van der Waals surface area contributed by atoms with Gasteiger partial charge in [0, 0.05) is 17.5 Å². The van der Waals surface area contributed by atoms with Crippen LogP contribution in [0.25, 0.3) is 0 Å². The van der Waals surface area contributed by atoms with Gasteiger partial charge in [0.15, 0.2) is 0 Å². The molecule has 178 valence electrons. The molecule has 2 aromatic carbocycles. The van der Waals surface area contributed by atoms with Crippen molar-refractivity contribution in [1.82, 2.24) is 0 Å². The van der Waals surface area contributed by atoms with Gasteiger partial charge in [0.25, 0.3) is 10.0 Å². The average Bonchev–Trinajstić information content (AvgIpc) is 2.88. The van der Waals surface area contributed by atoms with Gasteiger partial charge in [-0.2, -0.15) is 0 Å². The number of ether oxygens (including phenoxy) is 1. The van der Waals surface area contributed by atoms with Crippen LogP contribution in [0.5, 0.6) is 0 Å². The monoisotopic (exact) mass is 517 g/mol. The maximum atomic E-state index is 14.4. The molecule has 0 aromatic heterocycles. The minimum Gasteiger partial charge on any atom is -0.461 e. The third-order valence-electron chi connectivity index (χ3n) is 5.50. The fourth-order valence-electron chi connectivity index (χ4n) is 3.09. The smallest absolute Gasteiger partial charge is 0.461 e. The Kier molecular flexibility index (Phi) is 7.08. The van der Waals surface area contributed by atoms with E-state index in [0.717, 1.165) is 12.1 Å². The van der Waals surface area contributed by atoms with Crippen LogP contribution in [0.2, 0.25) is 10.0 Å². The predicted octanol–water partition coefficient (Wildman–Crippen LogP) is 4.30. The average molecular weight is 518 g/mol. The SMILES string of the molecule is CC(=O)OCc1cc(Cl)cc(S(=O)(=O)Nc2cc(F)cc(B3OC(C)(C)C(C)(C)O3)c2)c1Cl. The molecule has 0 saturated carbocycles. The lowest BCUT2D eigenvalue weighted by molar-refractivity contribution is -0.142. The first kappa shape index (κ1) is 25.8. The van der Waals surface area contributed by atoms with Crippen molar-refractivity contribution in [2.45, 2.75) is 57.3 Å². The lowest BCUT2D eigenvalue weighted by Gasteiger charge is -2.32. The van der Waals surface area contributed by atoms with Crippen molar-refractivity contribution in [2.24, 2.45) is 0 Å². The number of sulfonamides is 1. The summed E-state index contributed by atoms with van der Waals surface area (Å²) in [4.78, 5) is 10.8. The first-order valence-corrected chi connectivity index (χ1v) is 12.2. The molecule has 3 rings (SSSR count). The van der Waals surface area contributed by atoms with Crippen LogP contribution >= 0.6 is 23.2 Å². The van der Waals surface area contributed by atoms with E-state index in [9.17, 15) is 17.6 Å². The second-order valence-corrected chi connectivity index (χ2v) is 11.1. The van der Waals surface area contributed by atoms with Gasteiger partial charge in [-0.15, -0.1) is 0 Å². The van der Waals surface area contributed by atoms with Crippen LogP contribution in [-0.4, -0.2) is 32.7 Å². The maximum Gasteiger partial charge on any atom is 0.495 e. The van der Waals surface area contributed by atoms with Gasteiger partial charge in [0.2, 0.25) is 0 Å². The van der Waals surface area contributed by atoms with Crippen molar-refractivity contribution in [3.05, 3.63) is 51.8 Å². The Morgan fingerprint density at radius 1 is 1.09 bits per heavy atom. The molecule has 33 heavy (non-hydrogen) atoms. The minimum absolute atomic E-state index is 0.0581. The van der Waals surface area contributed by atoms with Crippen molar-refractivity contribution in [3.8, 4) is 0 Å². The molecule has 1 aliphatic rings. The molecule has 0 amide bonds. The number of nitrogens with one attached hydrogen (secondary N) is 1. The number of carbonyl (C=O) groups is 1. The molecule has 0 unspecified atom stereocenters. The van der Waals surface area contributed by atoms with Crippen LogP contribution in [0.4, 0.5) is 10.1 Å². The van der Waals surface area contributed by atoms with Gasteiger partial charge < -0.3 is 14.0 Å². The summed E-state index contributed by atoms with van der Waals surface area (Å²) in [5, 5.41) is -0.102. The highest BCUT2D eigenvalue weighted by Gasteiger charge is 2.51. The summed E-state index contributed by atoms with van der Waals surface area (Å²) in [5.74, 6) is -1.25. The quantitative estimate of drug-likeness (QED) is 0.454. The molecular weight excluding hydrogens is 495 g/mol. The summed E-state index contributed by atoms with van der Waals surface area (Å²) in [6.07, 6.45) is 0. The third kappa shape index (κ3) is 5.63. The zero-order valence-electron chi connectivity index (χ0n) is 18.7. The second kappa shape index (κ2) is 9.07. The standard InChI is InChI=1S/C21H23BCl2FNO6S/c1-12(27)30-11-13-6-15(23)9-18(19(13)24)33(28,29)26-17-8-14(7-16(25)10-17)22-31-20(2,3)21(4,5)32-22/h6-10,26H,11H2,1-5H3. The van der Waals surface area contributed by atoms with Crippen LogP contribution in [0.15, 0.2) is 35.2 Å². The first-order chi connectivity index (χ1) is 15.1. The van der Waals surface area contributed by atoms with E-state index in [1.807, 2.05) is 27.7 Å². The predicted molar refractivity (Wildman–Crippen MR) is 125 cm³/mol. The summed E-state index contributed by atoms with van der Waals surface area (Å²) in [6, 6.07) is 6.19. The Morgan fingerprint density at radius 3 is 2.27 bits per heavy atom. The number of esters is 1. The van der Waals surface area contributed by atoms with Gasteiger partial charge in [-0.1, -0.05) is 23.2 Å². The highest BCUT2D eigenvalue weighted by Crippen LogP contribution is 2.37. The molecule has 0 spiro atoms. The van der Waals surface area contributed by atoms with Crippen molar-refractivity contribution >= 4 is 57.5 Å². The van der Waals surface area contributed by atoms with Gasteiger partial charge in [0.1, 0.15) is 17.3 Å². The van der Waals surface area contributed by atoms with Gasteiger partial charge in [0.05, 0.1) is 21.9 Å². The largest absolute Gasteiger partial charge is 0.495 e. The number of halogens is 3. The van der Waals surface area contributed by atoms with E-state index in [1.54, 1.807) is 0 Å². The zero-order valence-corrected chi connectivity index (χ0v) is 21.0. The molecule has 12 heteroatoms. The molecule has 0 aliphatic carbocycles. The Hall–Kier alpha value is -1.85. The molecule has 0 atom stereocenters. The molecule has 2 aromatic rings. The Morgan fingerprint density at radius 2 is 1.70 bits per heavy atom. The molecule has 1 saturated heterocycles. The van der Waals surface area contributed by atoms with E-state index in [1.165, 1.54) is 25.1 Å². The number of hydrogen-bond donors (Lipinski definition) is 1. The van der Waals surface area contributed by atoms with Gasteiger partial charge in [-0.25, -0.2) is 12.8 Å². The van der Waals surface area contributed by atoms with Crippen LogP contribution in [0.3, 0.4) is 0 Å². The molecular formula is C21H23BCl2FNO6S. The topological polar surface area (TPSA) is 90.9 Å². The number of rotatable bonds is 6. The number of anilines is 1. The zero-order chi connectivity index (χ0) is 24.8. The number of benzene rings is 2. The summed E-state index contributed by atoms with van der Waals surface area (Å²) in [7, 11) is -5.18. The van der Waals surface area contributed by atoms with Crippen LogP contribution in [0.1, 0.15) is 40.2 Å². The summed E-state index contributed by atoms with van der Waals surface area (Å²) in [6.45, 7) is 8.35. The summed E-state index contributed by atoms with van der Waals surface area (Å²) >= 11 is 12.3. The normalized spacial score (nSPS) is 17.2. The first-order valence-electron chi connectivity index (χ1n) is 9.91. The second-order valence-electron chi connectivity index (χ2n) is 8.62. The highest BCUT2D eigenvalue weighted by molar-refractivity contribution is 7.92. The fourth-order valence-corrected chi connectivity index (χ4v) is 5.06.